The zero-order valence-corrected chi connectivity index (χ0v) is 35.9. The fraction of sp³-hybridized carbons (Fsp3) is 0.0625. The molecule has 65 heavy (non-hydrogen) atoms. The summed E-state index contributed by atoms with van der Waals surface area (Å²) < 4.78 is 2.53. The maximum Gasteiger partial charge on any atom is 0.0754 e. The van der Waals surface area contributed by atoms with E-state index in [1.807, 2.05) is 0 Å². The number of rotatable bonds is 3. The summed E-state index contributed by atoms with van der Waals surface area (Å²) in [5, 5.41) is 2.60. The van der Waals surface area contributed by atoms with Crippen molar-refractivity contribution in [2.45, 2.75) is 23.7 Å². The van der Waals surface area contributed by atoms with Crippen molar-refractivity contribution in [1.82, 2.24) is 4.57 Å². The molecule has 1 heteroatoms. The van der Waals surface area contributed by atoms with Crippen LogP contribution in [0.3, 0.4) is 0 Å². The summed E-state index contributed by atoms with van der Waals surface area (Å²) in [7, 11) is 0. The second-order valence-corrected chi connectivity index (χ2v) is 18.8. The first-order valence-corrected chi connectivity index (χ1v) is 23.0. The van der Waals surface area contributed by atoms with Crippen molar-refractivity contribution in [3.63, 3.8) is 0 Å². The van der Waals surface area contributed by atoms with Gasteiger partial charge in [-0.25, -0.2) is 0 Å². The number of fused-ring (bicyclic) bond motifs is 17. The molecule has 0 fully saturated rings. The highest BCUT2D eigenvalue weighted by atomic mass is 15.0. The van der Waals surface area contributed by atoms with Gasteiger partial charge in [-0.15, -0.1) is 0 Å². The number of nitrogens with zero attached hydrogens (tertiary/aromatic N) is 1. The molecular weight excluding hydrogens is 783 g/mol. The predicted octanol–water partition coefficient (Wildman–Crippen LogP) is 15.6. The van der Waals surface area contributed by atoms with E-state index < -0.39 is 5.41 Å². The van der Waals surface area contributed by atoms with Gasteiger partial charge in [-0.05, 0) is 131 Å². The van der Waals surface area contributed by atoms with Gasteiger partial charge in [0, 0.05) is 22.1 Å². The van der Waals surface area contributed by atoms with Crippen LogP contribution in [-0.2, 0) is 10.8 Å². The van der Waals surface area contributed by atoms with Gasteiger partial charge in [0.05, 0.1) is 22.1 Å². The van der Waals surface area contributed by atoms with Crippen molar-refractivity contribution >= 4 is 21.8 Å². The first-order valence-electron chi connectivity index (χ1n) is 23.0. The molecule has 1 spiro atoms. The van der Waals surface area contributed by atoms with E-state index in [2.05, 4.69) is 236 Å². The largest absolute Gasteiger partial charge is 0.309 e. The molecule has 1 aromatic heterocycles. The average molecular weight is 824 g/mol. The number of aromatic nitrogens is 1. The quantitative estimate of drug-likeness (QED) is 0.167. The Kier molecular flexibility index (Phi) is 6.87. The molecule has 0 amide bonds. The fourth-order valence-electron chi connectivity index (χ4n) is 13.5. The van der Waals surface area contributed by atoms with Crippen molar-refractivity contribution in [2.24, 2.45) is 0 Å². The highest BCUT2D eigenvalue weighted by molar-refractivity contribution is 6.13. The lowest BCUT2D eigenvalue weighted by atomic mass is 9.61. The lowest BCUT2D eigenvalue weighted by Gasteiger charge is -2.41. The molecular formula is C64H41N. The van der Waals surface area contributed by atoms with E-state index in [4.69, 9.17) is 0 Å². The van der Waals surface area contributed by atoms with Gasteiger partial charge in [-0.1, -0.05) is 200 Å². The molecule has 11 aromatic rings. The van der Waals surface area contributed by atoms with E-state index in [1.54, 1.807) is 0 Å². The van der Waals surface area contributed by atoms with Gasteiger partial charge in [-0.3, -0.25) is 0 Å². The van der Waals surface area contributed by atoms with Crippen LogP contribution in [0, 0.1) is 0 Å². The Morgan fingerprint density at radius 2 is 0.954 bits per heavy atom. The van der Waals surface area contributed by atoms with E-state index in [9.17, 15) is 0 Å². The van der Waals surface area contributed by atoms with Gasteiger partial charge in [0.2, 0.25) is 0 Å². The Labute approximate surface area is 378 Å². The first-order chi connectivity index (χ1) is 32.2. The van der Waals surface area contributed by atoms with E-state index in [1.165, 1.54) is 128 Å². The lowest BCUT2D eigenvalue weighted by Crippen LogP contribution is -2.33. The van der Waals surface area contributed by atoms with Crippen LogP contribution in [0.4, 0.5) is 0 Å². The Morgan fingerprint density at radius 1 is 0.354 bits per heavy atom. The van der Waals surface area contributed by atoms with Crippen LogP contribution in [0.5, 0.6) is 0 Å². The van der Waals surface area contributed by atoms with Crippen LogP contribution >= 0.6 is 0 Å². The Hall–Kier alpha value is -8.00. The standard InChI is InChI=1S/C64H41N/c1-63-52-27-10-7-20-43(52)47-24-15-26-49(61(47)63)60(51-37-40(33-35-53(51)63)39-17-3-2-4-18-39)46-23-6-5-19-42(46)41-34-36-55-50(38-41)44-21-8-11-28-54(44)64(55)56-29-12-14-32-59(56)65-58-31-13-9-22-45(58)48-25-16-30-57(64)62(48)65/h2-38,60H,1H3. The third-order valence-electron chi connectivity index (χ3n) is 15.9. The molecule has 0 saturated heterocycles. The van der Waals surface area contributed by atoms with Crippen molar-refractivity contribution in [1.29, 1.82) is 0 Å². The molecule has 1 aliphatic heterocycles. The minimum absolute atomic E-state index is 0.0267. The SMILES string of the molecule is CC12c3ccccc3-c3cccc(c31)C(c1ccccc1-c1ccc3c(c1)-c1ccccc1C31c3ccccc3-n3c4ccccc4c4cccc1c43)c1cc(-c3ccccc3)ccc12. The number of para-hydroxylation sites is 3. The van der Waals surface area contributed by atoms with Crippen molar-refractivity contribution < 1.29 is 0 Å². The van der Waals surface area contributed by atoms with Gasteiger partial charge in [0.25, 0.3) is 0 Å². The molecule has 0 bridgehead atoms. The Bertz CT molecular complexity index is 3870. The van der Waals surface area contributed by atoms with Crippen LogP contribution < -0.4 is 0 Å². The van der Waals surface area contributed by atoms with Gasteiger partial charge in [-0.2, -0.15) is 0 Å². The molecule has 0 N–H and O–H groups in total. The molecule has 3 aliphatic carbocycles. The van der Waals surface area contributed by atoms with E-state index >= 15 is 0 Å². The summed E-state index contributed by atoms with van der Waals surface area (Å²) in [6.45, 7) is 2.47. The molecule has 10 aromatic carbocycles. The minimum atomic E-state index is -0.481. The highest BCUT2D eigenvalue weighted by Gasteiger charge is 2.52. The van der Waals surface area contributed by atoms with Gasteiger partial charge < -0.3 is 4.57 Å². The second kappa shape index (κ2) is 12.6. The zero-order valence-electron chi connectivity index (χ0n) is 35.9. The van der Waals surface area contributed by atoms with Crippen molar-refractivity contribution in [2.75, 3.05) is 0 Å². The average Bonchev–Trinajstić information content (AvgIpc) is 3.97. The maximum atomic E-state index is 2.53. The zero-order chi connectivity index (χ0) is 42.6. The topological polar surface area (TPSA) is 4.93 Å². The molecule has 302 valence electrons. The number of benzene rings is 10. The third kappa shape index (κ3) is 4.29. The number of hydrogen-bond acceptors (Lipinski definition) is 0. The fourth-order valence-corrected chi connectivity index (χ4v) is 13.5. The van der Waals surface area contributed by atoms with Gasteiger partial charge in [0.1, 0.15) is 0 Å². The van der Waals surface area contributed by atoms with Gasteiger partial charge >= 0.3 is 0 Å². The van der Waals surface area contributed by atoms with Crippen LogP contribution in [0.15, 0.2) is 224 Å². The van der Waals surface area contributed by atoms with Crippen molar-refractivity contribution in [3.05, 3.63) is 280 Å². The molecule has 15 rings (SSSR count). The molecule has 0 saturated carbocycles. The number of hydrogen-bond donors (Lipinski definition) is 0. The van der Waals surface area contributed by atoms with Crippen LogP contribution in [0.2, 0.25) is 0 Å². The smallest absolute Gasteiger partial charge is 0.0754 e. The van der Waals surface area contributed by atoms with E-state index in [0.717, 1.165) is 0 Å². The summed E-state index contributed by atoms with van der Waals surface area (Å²) >= 11 is 0. The molecule has 3 unspecified atom stereocenters. The molecule has 2 heterocycles. The summed E-state index contributed by atoms with van der Waals surface area (Å²) in [4.78, 5) is 0. The third-order valence-corrected chi connectivity index (χ3v) is 15.9. The van der Waals surface area contributed by atoms with Crippen molar-refractivity contribution in [3.8, 4) is 50.2 Å². The highest BCUT2D eigenvalue weighted by Crippen LogP contribution is 2.63. The minimum Gasteiger partial charge on any atom is -0.309 e. The second-order valence-electron chi connectivity index (χ2n) is 18.8. The van der Waals surface area contributed by atoms with Crippen LogP contribution in [0.25, 0.3) is 72.0 Å². The molecule has 1 nitrogen and oxygen atoms in total. The Balaban J connectivity index is 0.982. The summed E-state index contributed by atoms with van der Waals surface area (Å²) in [6, 6.07) is 85.4. The lowest BCUT2D eigenvalue weighted by molar-refractivity contribution is 0.658. The summed E-state index contributed by atoms with van der Waals surface area (Å²) in [5.74, 6) is 0.0267. The van der Waals surface area contributed by atoms with Crippen LogP contribution in [-0.4, -0.2) is 4.57 Å². The first kappa shape index (κ1) is 35.5. The predicted molar refractivity (Wildman–Crippen MR) is 267 cm³/mol. The van der Waals surface area contributed by atoms with Crippen LogP contribution in [0.1, 0.15) is 68.5 Å². The Morgan fingerprint density at radius 3 is 1.83 bits per heavy atom. The maximum absolute atomic E-state index is 2.53. The molecule has 4 aliphatic rings. The monoisotopic (exact) mass is 823 g/mol. The normalized spacial score (nSPS) is 18.8. The molecule has 3 atom stereocenters. The van der Waals surface area contributed by atoms with E-state index in [-0.39, 0.29) is 11.3 Å². The summed E-state index contributed by atoms with van der Waals surface area (Å²) in [6.07, 6.45) is 0. The summed E-state index contributed by atoms with van der Waals surface area (Å²) in [5.41, 5.74) is 27.2. The van der Waals surface area contributed by atoms with E-state index in [0.29, 0.717) is 0 Å². The molecule has 0 radical (unpaired) electrons. The van der Waals surface area contributed by atoms with Gasteiger partial charge in [0.15, 0.2) is 0 Å².